The van der Waals surface area contributed by atoms with Gasteiger partial charge in [0.05, 0.1) is 6.61 Å². The Kier molecular flexibility index (Phi) is 2.97. The predicted molar refractivity (Wildman–Crippen MR) is 75.5 cm³/mol. The smallest absolute Gasteiger partial charge is 0.436 e. The number of benzene rings is 1. The molecule has 2 heterocycles. The molecule has 0 radical (unpaired) electrons. The predicted octanol–water partition coefficient (Wildman–Crippen LogP) is 2.16. The maximum absolute atomic E-state index is 11.8. The summed E-state index contributed by atoms with van der Waals surface area (Å²) in [6.45, 7) is 5.50. The molecule has 0 atom stereocenters. The van der Waals surface area contributed by atoms with Gasteiger partial charge in [-0.25, -0.2) is 9.59 Å². The van der Waals surface area contributed by atoms with Crippen molar-refractivity contribution in [2.24, 2.45) is 0 Å². The van der Waals surface area contributed by atoms with E-state index in [9.17, 15) is 9.59 Å². The Labute approximate surface area is 119 Å². The van der Waals surface area contributed by atoms with E-state index in [-0.39, 0.29) is 6.61 Å². The number of carbonyl (C=O) groups excluding carboxylic acids is 1. The highest BCUT2D eigenvalue weighted by molar-refractivity contribution is 5.96. The molecule has 7 heteroatoms. The molecule has 1 aromatic carbocycles. The van der Waals surface area contributed by atoms with Crippen LogP contribution in [0.25, 0.3) is 22.0 Å². The summed E-state index contributed by atoms with van der Waals surface area (Å²) in [4.78, 5) is 23.5. The van der Waals surface area contributed by atoms with Crippen LogP contribution in [0.3, 0.4) is 0 Å². The molecule has 7 nitrogen and oxygen atoms in total. The second-order valence-corrected chi connectivity index (χ2v) is 4.68. The lowest BCUT2D eigenvalue weighted by atomic mass is 10.1. The lowest BCUT2D eigenvalue weighted by molar-refractivity contribution is 0.151. The zero-order valence-corrected chi connectivity index (χ0v) is 11.8. The molecule has 0 N–H and O–H groups in total. The Morgan fingerprint density at radius 3 is 2.81 bits per heavy atom. The number of hydrogen-bond donors (Lipinski definition) is 0. The summed E-state index contributed by atoms with van der Waals surface area (Å²) in [5.74, 6) is 0. The molecular weight excluding hydrogens is 274 g/mol. The van der Waals surface area contributed by atoms with Gasteiger partial charge >= 0.3 is 11.7 Å². The van der Waals surface area contributed by atoms with Gasteiger partial charge in [0.1, 0.15) is 16.6 Å². The fourth-order valence-corrected chi connectivity index (χ4v) is 2.18. The van der Waals surface area contributed by atoms with E-state index in [1.807, 2.05) is 6.92 Å². The van der Waals surface area contributed by atoms with E-state index in [2.05, 4.69) is 10.3 Å². The van der Waals surface area contributed by atoms with Gasteiger partial charge in [-0.2, -0.15) is 0 Å². The number of fused-ring (bicyclic) bond motifs is 2. The number of rotatable bonds is 1. The third-order valence-electron chi connectivity index (χ3n) is 3.46. The fourth-order valence-electron chi connectivity index (χ4n) is 2.18. The Morgan fingerprint density at radius 2 is 2.10 bits per heavy atom. The number of hydrogen-bond acceptors (Lipinski definition) is 6. The van der Waals surface area contributed by atoms with E-state index < -0.39 is 11.7 Å². The highest BCUT2D eigenvalue weighted by Crippen LogP contribution is 2.24. The van der Waals surface area contributed by atoms with Crippen LogP contribution in [0.15, 0.2) is 21.3 Å². The third kappa shape index (κ3) is 1.97. The van der Waals surface area contributed by atoms with Gasteiger partial charge in [0.15, 0.2) is 0 Å². The molecule has 3 aromatic rings. The van der Waals surface area contributed by atoms with Crippen LogP contribution in [0, 0.1) is 13.8 Å². The van der Waals surface area contributed by atoms with E-state index in [1.54, 1.807) is 26.0 Å². The number of nitrogens with zero attached hydrogens (tertiary/aromatic N) is 3. The lowest BCUT2D eigenvalue weighted by Gasteiger charge is -2.05. The second kappa shape index (κ2) is 4.69. The first-order valence-electron chi connectivity index (χ1n) is 6.49. The van der Waals surface area contributed by atoms with Crippen molar-refractivity contribution in [2.75, 3.05) is 6.61 Å². The summed E-state index contributed by atoms with van der Waals surface area (Å²) < 4.78 is 11.2. The molecule has 3 rings (SSSR count). The minimum Gasteiger partial charge on any atom is -0.448 e. The van der Waals surface area contributed by atoms with Crippen molar-refractivity contribution < 1.29 is 13.9 Å². The molecule has 0 aliphatic rings. The average molecular weight is 287 g/mol. The Balaban J connectivity index is 2.33. The van der Waals surface area contributed by atoms with Crippen LogP contribution in [0.1, 0.15) is 18.1 Å². The van der Waals surface area contributed by atoms with Gasteiger partial charge in [-0.3, -0.25) is 0 Å². The van der Waals surface area contributed by atoms with Gasteiger partial charge in [-0.15, -0.1) is 9.78 Å². The van der Waals surface area contributed by atoms with Gasteiger partial charge in [-0.1, -0.05) is 5.21 Å². The summed E-state index contributed by atoms with van der Waals surface area (Å²) >= 11 is 0. The quantitative estimate of drug-likeness (QED) is 0.637. The molecule has 0 aliphatic heterocycles. The van der Waals surface area contributed by atoms with Gasteiger partial charge in [0.25, 0.3) is 0 Å². The van der Waals surface area contributed by atoms with E-state index >= 15 is 0 Å². The zero-order valence-electron chi connectivity index (χ0n) is 11.8. The number of ether oxygens (including phenoxy) is 1. The largest absolute Gasteiger partial charge is 0.448 e. The van der Waals surface area contributed by atoms with E-state index in [0.29, 0.717) is 22.2 Å². The van der Waals surface area contributed by atoms with Crippen molar-refractivity contribution in [3.05, 3.63) is 33.7 Å². The van der Waals surface area contributed by atoms with Crippen molar-refractivity contribution in [3.63, 3.8) is 0 Å². The number of carbonyl (C=O) groups is 1. The van der Waals surface area contributed by atoms with Crippen molar-refractivity contribution in [1.82, 2.24) is 15.0 Å². The van der Waals surface area contributed by atoms with E-state index in [1.165, 1.54) is 0 Å². The fraction of sp³-hybridized carbons (Fsp3) is 0.286. The molecule has 0 spiro atoms. The van der Waals surface area contributed by atoms with Crippen LogP contribution in [0.5, 0.6) is 0 Å². The standard InChI is InChI=1S/C14H13N3O4/c1-4-20-14(19)17-11-6-12-9(5-10(11)15-16-17)7(2)8(3)13(18)21-12/h5-6H,4H2,1-3H3. The summed E-state index contributed by atoms with van der Waals surface area (Å²) in [5.41, 5.74) is 2.35. The summed E-state index contributed by atoms with van der Waals surface area (Å²) in [5, 5.41) is 8.52. The zero-order chi connectivity index (χ0) is 15.1. The van der Waals surface area contributed by atoms with Crippen LogP contribution in [0.4, 0.5) is 4.79 Å². The molecule has 0 bridgehead atoms. The van der Waals surface area contributed by atoms with Gasteiger partial charge in [0, 0.05) is 17.0 Å². The highest BCUT2D eigenvalue weighted by Gasteiger charge is 2.16. The van der Waals surface area contributed by atoms with Gasteiger partial charge < -0.3 is 9.15 Å². The van der Waals surface area contributed by atoms with Crippen molar-refractivity contribution >= 4 is 28.1 Å². The minimum atomic E-state index is -0.620. The van der Waals surface area contributed by atoms with Crippen LogP contribution in [0.2, 0.25) is 0 Å². The normalized spacial score (nSPS) is 11.2. The maximum atomic E-state index is 11.8. The van der Waals surface area contributed by atoms with Crippen molar-refractivity contribution in [1.29, 1.82) is 0 Å². The molecule has 0 fully saturated rings. The lowest BCUT2D eigenvalue weighted by Crippen LogP contribution is -2.15. The molecule has 2 aromatic heterocycles. The first-order valence-corrected chi connectivity index (χ1v) is 6.49. The molecule has 0 amide bonds. The average Bonchev–Trinajstić information content (AvgIpc) is 2.86. The Hall–Kier alpha value is -2.70. The number of aromatic nitrogens is 3. The second-order valence-electron chi connectivity index (χ2n) is 4.68. The molecule has 0 unspecified atom stereocenters. The van der Waals surface area contributed by atoms with E-state index in [0.717, 1.165) is 15.6 Å². The maximum Gasteiger partial charge on any atom is 0.436 e. The monoisotopic (exact) mass is 287 g/mol. The molecule has 21 heavy (non-hydrogen) atoms. The van der Waals surface area contributed by atoms with Crippen LogP contribution >= 0.6 is 0 Å². The molecule has 108 valence electrons. The van der Waals surface area contributed by atoms with Gasteiger partial charge in [0.2, 0.25) is 0 Å². The Morgan fingerprint density at radius 1 is 1.33 bits per heavy atom. The minimum absolute atomic E-state index is 0.237. The first kappa shape index (κ1) is 13.3. The van der Waals surface area contributed by atoms with Crippen LogP contribution in [-0.4, -0.2) is 27.7 Å². The van der Waals surface area contributed by atoms with E-state index in [4.69, 9.17) is 9.15 Å². The Bertz CT molecular complexity index is 923. The third-order valence-corrected chi connectivity index (χ3v) is 3.46. The van der Waals surface area contributed by atoms with Crippen molar-refractivity contribution in [3.8, 4) is 0 Å². The molecule has 0 aliphatic carbocycles. The SMILES string of the molecule is CCOC(=O)n1nnc2cc3c(C)c(C)c(=O)oc3cc21. The van der Waals surface area contributed by atoms with Crippen molar-refractivity contribution in [2.45, 2.75) is 20.8 Å². The topological polar surface area (TPSA) is 87.2 Å². The molecule has 0 saturated heterocycles. The van der Waals surface area contributed by atoms with Crippen LogP contribution < -0.4 is 5.63 Å². The first-order chi connectivity index (χ1) is 10.0. The summed E-state index contributed by atoms with van der Waals surface area (Å²) in [7, 11) is 0. The summed E-state index contributed by atoms with van der Waals surface area (Å²) in [6, 6.07) is 3.33. The van der Waals surface area contributed by atoms with Crippen LogP contribution in [-0.2, 0) is 4.74 Å². The van der Waals surface area contributed by atoms with Gasteiger partial charge in [-0.05, 0) is 32.4 Å². The molecular formula is C14H13N3O4. The summed E-state index contributed by atoms with van der Waals surface area (Å²) in [6.07, 6.45) is -0.620. The molecule has 0 saturated carbocycles. The number of aryl methyl sites for hydroxylation is 1. The highest BCUT2D eigenvalue weighted by atomic mass is 16.6.